The Hall–Kier alpha value is -2.43. The van der Waals surface area contributed by atoms with E-state index in [0.29, 0.717) is 6.61 Å². The highest BCUT2D eigenvalue weighted by Crippen LogP contribution is 2.02. The van der Waals surface area contributed by atoms with Crippen molar-refractivity contribution in [3.8, 4) is 0 Å². The molecule has 110 valence electrons. The molecule has 1 aromatic carbocycles. The van der Waals surface area contributed by atoms with Gasteiger partial charge in [0.1, 0.15) is 6.61 Å². The number of nitrogens with zero attached hydrogens (tertiary/aromatic N) is 3. The van der Waals surface area contributed by atoms with Crippen LogP contribution in [0.2, 0.25) is 0 Å². The van der Waals surface area contributed by atoms with E-state index in [9.17, 15) is 4.79 Å². The minimum absolute atomic E-state index is 0.300. The summed E-state index contributed by atoms with van der Waals surface area (Å²) in [4.78, 5) is 11.5. The number of carbonyl (C=O) groups is 1. The van der Waals surface area contributed by atoms with Gasteiger partial charge in [0.05, 0.1) is 5.69 Å². The second-order valence-electron chi connectivity index (χ2n) is 4.60. The second-order valence-corrected chi connectivity index (χ2v) is 4.60. The molecule has 0 radical (unpaired) electrons. The molecule has 0 atom stereocenters. The van der Waals surface area contributed by atoms with Crippen LogP contribution in [0.3, 0.4) is 0 Å². The molecule has 0 aliphatic heterocycles. The SMILES string of the molecule is CCn1cc(CCC=CC(=O)OCc2ccccc2)nn1. The lowest BCUT2D eigenvalue weighted by molar-refractivity contribution is -0.139. The zero-order chi connectivity index (χ0) is 14.9. The van der Waals surface area contributed by atoms with E-state index in [1.165, 1.54) is 6.08 Å². The van der Waals surface area contributed by atoms with Crippen molar-refractivity contribution in [1.29, 1.82) is 0 Å². The maximum absolute atomic E-state index is 11.5. The molecule has 5 heteroatoms. The number of allylic oxidation sites excluding steroid dienone is 1. The first-order chi connectivity index (χ1) is 10.3. The van der Waals surface area contributed by atoms with Gasteiger partial charge >= 0.3 is 5.97 Å². The molecule has 0 aliphatic rings. The van der Waals surface area contributed by atoms with Crippen LogP contribution in [0.5, 0.6) is 0 Å². The van der Waals surface area contributed by atoms with Crippen molar-refractivity contribution in [1.82, 2.24) is 15.0 Å². The zero-order valence-electron chi connectivity index (χ0n) is 12.1. The largest absolute Gasteiger partial charge is 0.458 e. The average Bonchev–Trinajstić information content (AvgIpc) is 2.98. The van der Waals surface area contributed by atoms with Crippen molar-refractivity contribution in [2.45, 2.75) is 32.9 Å². The topological polar surface area (TPSA) is 57.0 Å². The number of aryl methyl sites for hydroxylation is 2. The van der Waals surface area contributed by atoms with Gasteiger partial charge < -0.3 is 4.74 Å². The summed E-state index contributed by atoms with van der Waals surface area (Å²) in [6.07, 6.45) is 6.69. The molecule has 0 fully saturated rings. The Bertz CT molecular complexity index is 591. The molecule has 2 rings (SSSR count). The molecule has 0 aliphatic carbocycles. The van der Waals surface area contributed by atoms with Gasteiger partial charge in [-0.15, -0.1) is 5.10 Å². The predicted octanol–water partition coefficient (Wildman–Crippen LogP) is 2.53. The third-order valence-electron chi connectivity index (χ3n) is 2.96. The Morgan fingerprint density at radius 1 is 1.33 bits per heavy atom. The van der Waals surface area contributed by atoms with Crippen LogP contribution in [-0.4, -0.2) is 21.0 Å². The van der Waals surface area contributed by atoms with Crippen molar-refractivity contribution in [3.05, 3.63) is 59.9 Å². The molecule has 1 aromatic heterocycles. The van der Waals surface area contributed by atoms with Crippen LogP contribution in [-0.2, 0) is 29.1 Å². The van der Waals surface area contributed by atoms with Gasteiger partial charge in [0.2, 0.25) is 0 Å². The van der Waals surface area contributed by atoms with Gasteiger partial charge in [-0.3, -0.25) is 4.68 Å². The maximum Gasteiger partial charge on any atom is 0.330 e. The molecule has 2 aromatic rings. The summed E-state index contributed by atoms with van der Waals surface area (Å²) in [7, 11) is 0. The highest BCUT2D eigenvalue weighted by atomic mass is 16.5. The molecule has 21 heavy (non-hydrogen) atoms. The minimum atomic E-state index is -0.323. The number of rotatable bonds is 7. The van der Waals surface area contributed by atoms with Gasteiger partial charge in [-0.1, -0.05) is 41.6 Å². The lowest BCUT2D eigenvalue weighted by Gasteiger charge is -2.01. The van der Waals surface area contributed by atoms with E-state index >= 15 is 0 Å². The molecule has 0 N–H and O–H groups in total. The van der Waals surface area contributed by atoms with Crippen molar-refractivity contribution in [3.63, 3.8) is 0 Å². The van der Waals surface area contributed by atoms with E-state index in [1.54, 1.807) is 10.8 Å². The van der Waals surface area contributed by atoms with Crippen LogP contribution in [0, 0.1) is 0 Å². The van der Waals surface area contributed by atoms with Crippen molar-refractivity contribution < 1.29 is 9.53 Å². The summed E-state index contributed by atoms with van der Waals surface area (Å²) in [5, 5.41) is 8.01. The fourth-order valence-corrected chi connectivity index (χ4v) is 1.80. The van der Waals surface area contributed by atoms with Crippen LogP contribution in [0.4, 0.5) is 0 Å². The maximum atomic E-state index is 11.5. The van der Waals surface area contributed by atoms with Gasteiger partial charge in [0, 0.05) is 18.8 Å². The van der Waals surface area contributed by atoms with Gasteiger partial charge in [-0.2, -0.15) is 0 Å². The Morgan fingerprint density at radius 2 is 2.14 bits per heavy atom. The number of hydrogen-bond donors (Lipinski definition) is 0. The third-order valence-corrected chi connectivity index (χ3v) is 2.96. The molecule has 5 nitrogen and oxygen atoms in total. The number of hydrogen-bond acceptors (Lipinski definition) is 4. The molecule has 0 unspecified atom stereocenters. The molecule has 0 saturated heterocycles. The molecule has 0 amide bonds. The van der Waals surface area contributed by atoms with Gasteiger partial charge in [0.15, 0.2) is 0 Å². The van der Waals surface area contributed by atoms with E-state index in [0.717, 1.165) is 30.6 Å². The van der Waals surface area contributed by atoms with Crippen molar-refractivity contribution in [2.24, 2.45) is 0 Å². The minimum Gasteiger partial charge on any atom is -0.458 e. The molecular formula is C16H19N3O2. The zero-order valence-corrected chi connectivity index (χ0v) is 12.1. The smallest absolute Gasteiger partial charge is 0.330 e. The van der Waals surface area contributed by atoms with E-state index < -0.39 is 0 Å². The average molecular weight is 285 g/mol. The molecule has 0 bridgehead atoms. The fourth-order valence-electron chi connectivity index (χ4n) is 1.80. The number of aromatic nitrogens is 3. The standard InChI is InChI=1S/C16H19N3O2/c1-2-19-12-15(17-18-19)10-6-7-11-16(20)21-13-14-8-4-3-5-9-14/h3-5,7-9,11-12H,2,6,10,13H2,1H3. The van der Waals surface area contributed by atoms with E-state index in [2.05, 4.69) is 10.3 Å². The van der Waals surface area contributed by atoms with E-state index in [1.807, 2.05) is 43.5 Å². The van der Waals surface area contributed by atoms with E-state index in [4.69, 9.17) is 4.74 Å². The first-order valence-corrected chi connectivity index (χ1v) is 7.04. The quantitative estimate of drug-likeness (QED) is 0.579. The lowest BCUT2D eigenvalue weighted by atomic mass is 10.2. The third kappa shape index (κ3) is 5.22. The van der Waals surface area contributed by atoms with Gasteiger partial charge in [-0.05, 0) is 25.3 Å². The lowest BCUT2D eigenvalue weighted by Crippen LogP contribution is -2.00. The van der Waals surface area contributed by atoms with Gasteiger partial charge in [-0.25, -0.2) is 4.79 Å². The molecule has 0 spiro atoms. The summed E-state index contributed by atoms with van der Waals surface area (Å²) in [5.74, 6) is -0.323. The number of carbonyl (C=O) groups excluding carboxylic acids is 1. The Labute approximate surface area is 124 Å². The monoisotopic (exact) mass is 285 g/mol. The summed E-state index contributed by atoms with van der Waals surface area (Å²) in [5.41, 5.74) is 1.91. The number of esters is 1. The Morgan fingerprint density at radius 3 is 2.86 bits per heavy atom. The molecule has 0 saturated carbocycles. The van der Waals surface area contributed by atoms with Gasteiger partial charge in [0.25, 0.3) is 0 Å². The summed E-state index contributed by atoms with van der Waals surface area (Å²) < 4.78 is 6.93. The Kier molecular flexibility index (Phi) is 5.70. The van der Waals surface area contributed by atoms with Crippen molar-refractivity contribution in [2.75, 3.05) is 0 Å². The van der Waals surface area contributed by atoms with Crippen LogP contribution in [0.25, 0.3) is 0 Å². The molecular weight excluding hydrogens is 266 g/mol. The van der Waals surface area contributed by atoms with Crippen LogP contribution in [0.15, 0.2) is 48.7 Å². The second kappa shape index (κ2) is 7.99. The number of benzene rings is 1. The number of ether oxygens (including phenoxy) is 1. The summed E-state index contributed by atoms with van der Waals surface area (Å²) in [6.45, 7) is 3.13. The normalized spacial score (nSPS) is 10.9. The molecule has 1 heterocycles. The predicted molar refractivity (Wildman–Crippen MR) is 79.4 cm³/mol. The van der Waals surface area contributed by atoms with Crippen LogP contribution < -0.4 is 0 Å². The first-order valence-electron chi connectivity index (χ1n) is 7.04. The first kappa shape index (κ1) is 15.0. The Balaban J connectivity index is 1.67. The highest BCUT2D eigenvalue weighted by molar-refractivity contribution is 5.81. The summed E-state index contributed by atoms with van der Waals surface area (Å²) >= 11 is 0. The van der Waals surface area contributed by atoms with Crippen molar-refractivity contribution >= 4 is 5.97 Å². The van der Waals surface area contributed by atoms with E-state index in [-0.39, 0.29) is 5.97 Å². The van der Waals surface area contributed by atoms with Crippen LogP contribution in [0.1, 0.15) is 24.6 Å². The van der Waals surface area contributed by atoms with Crippen LogP contribution >= 0.6 is 0 Å². The highest BCUT2D eigenvalue weighted by Gasteiger charge is 2.00. The fraction of sp³-hybridized carbons (Fsp3) is 0.312. The summed E-state index contributed by atoms with van der Waals surface area (Å²) in [6, 6.07) is 9.62.